The molecule has 0 aromatic heterocycles. The van der Waals surface area contributed by atoms with Crippen LogP contribution in [0.1, 0.15) is 55.3 Å². The third kappa shape index (κ3) is 6.20. The van der Waals surface area contributed by atoms with E-state index in [1.807, 2.05) is 4.90 Å². The van der Waals surface area contributed by atoms with Gasteiger partial charge >= 0.3 is 0 Å². The summed E-state index contributed by atoms with van der Waals surface area (Å²) in [6.07, 6.45) is 6.19. The molecule has 1 aromatic rings. The number of nitrogens with one attached hydrogen (secondary N) is 1. The maximum atomic E-state index is 12.7. The molecule has 0 bridgehead atoms. The van der Waals surface area contributed by atoms with E-state index in [0.717, 1.165) is 45.1 Å². The molecule has 158 valence electrons. The molecule has 2 heterocycles. The van der Waals surface area contributed by atoms with Gasteiger partial charge in [0.05, 0.1) is 5.92 Å². The van der Waals surface area contributed by atoms with E-state index in [0.29, 0.717) is 43.2 Å². The Hall–Kier alpha value is -2.08. The molecule has 0 aliphatic carbocycles. The highest BCUT2D eigenvalue weighted by atomic mass is 35.5. The fraction of sp³-hybridized carbons (Fsp3) is 0.591. The highest BCUT2D eigenvalue weighted by Gasteiger charge is 2.28. The Morgan fingerprint density at radius 1 is 1.07 bits per heavy atom. The van der Waals surface area contributed by atoms with Gasteiger partial charge in [-0.3, -0.25) is 14.4 Å². The SMILES string of the molecule is O=C(NCCCN1CCCCCC1=O)C1CCCN(C(=O)c2ccc(Cl)cc2)C1. The van der Waals surface area contributed by atoms with Crippen molar-refractivity contribution in [1.82, 2.24) is 15.1 Å². The Morgan fingerprint density at radius 3 is 2.66 bits per heavy atom. The number of hydrogen-bond donors (Lipinski definition) is 1. The van der Waals surface area contributed by atoms with E-state index in [9.17, 15) is 14.4 Å². The van der Waals surface area contributed by atoms with Crippen molar-refractivity contribution in [2.75, 3.05) is 32.7 Å². The van der Waals surface area contributed by atoms with Gasteiger partial charge in [0, 0.05) is 49.7 Å². The lowest BCUT2D eigenvalue weighted by Gasteiger charge is -2.32. The first-order chi connectivity index (χ1) is 14.0. The zero-order valence-corrected chi connectivity index (χ0v) is 17.6. The van der Waals surface area contributed by atoms with E-state index in [1.54, 1.807) is 29.2 Å². The monoisotopic (exact) mass is 419 g/mol. The second-order valence-corrected chi connectivity index (χ2v) is 8.37. The molecule has 2 aliphatic heterocycles. The number of amides is 3. The van der Waals surface area contributed by atoms with Crippen LogP contribution in [0, 0.1) is 5.92 Å². The number of nitrogens with zero attached hydrogens (tertiary/aromatic N) is 2. The Bertz CT molecular complexity index is 723. The van der Waals surface area contributed by atoms with Gasteiger partial charge in [0.15, 0.2) is 0 Å². The summed E-state index contributed by atoms with van der Waals surface area (Å²) in [4.78, 5) is 41.0. The molecule has 6 nitrogen and oxygen atoms in total. The molecule has 1 N–H and O–H groups in total. The van der Waals surface area contributed by atoms with E-state index < -0.39 is 0 Å². The normalized spacial score (nSPS) is 20.3. The second kappa shape index (κ2) is 10.6. The molecule has 0 spiro atoms. The van der Waals surface area contributed by atoms with Crippen molar-refractivity contribution in [3.63, 3.8) is 0 Å². The Morgan fingerprint density at radius 2 is 1.86 bits per heavy atom. The fourth-order valence-corrected chi connectivity index (χ4v) is 4.18. The summed E-state index contributed by atoms with van der Waals surface area (Å²) in [6, 6.07) is 6.85. The van der Waals surface area contributed by atoms with Gasteiger partial charge in [-0.15, -0.1) is 0 Å². The minimum Gasteiger partial charge on any atom is -0.356 e. The van der Waals surface area contributed by atoms with Crippen LogP contribution in [0.2, 0.25) is 5.02 Å². The summed E-state index contributed by atoms with van der Waals surface area (Å²) >= 11 is 5.89. The van der Waals surface area contributed by atoms with Crippen LogP contribution in [0.4, 0.5) is 0 Å². The number of hydrogen-bond acceptors (Lipinski definition) is 3. The van der Waals surface area contributed by atoms with Crippen LogP contribution < -0.4 is 5.32 Å². The topological polar surface area (TPSA) is 69.7 Å². The van der Waals surface area contributed by atoms with Crippen molar-refractivity contribution >= 4 is 29.3 Å². The standard InChI is InChI=1S/C22H30ClN3O3/c23-19-10-8-17(9-11-19)22(29)26-14-4-6-18(16-26)21(28)24-12-5-15-25-13-3-1-2-7-20(25)27/h8-11,18H,1-7,12-16H2,(H,24,28). The van der Waals surface area contributed by atoms with Crippen LogP contribution >= 0.6 is 11.6 Å². The molecule has 2 saturated heterocycles. The van der Waals surface area contributed by atoms with Crippen LogP contribution in [0.3, 0.4) is 0 Å². The van der Waals surface area contributed by atoms with Gasteiger partial charge in [-0.05, 0) is 56.4 Å². The summed E-state index contributed by atoms with van der Waals surface area (Å²) in [5, 5.41) is 3.59. The third-order valence-corrected chi connectivity index (χ3v) is 6.00. The quantitative estimate of drug-likeness (QED) is 0.720. The fourth-order valence-electron chi connectivity index (χ4n) is 4.05. The number of likely N-dealkylation sites (tertiary alicyclic amines) is 2. The van der Waals surface area contributed by atoms with Crippen LogP contribution in [0.5, 0.6) is 0 Å². The second-order valence-electron chi connectivity index (χ2n) is 7.93. The highest BCUT2D eigenvalue weighted by Crippen LogP contribution is 2.20. The molecule has 7 heteroatoms. The van der Waals surface area contributed by atoms with Crippen LogP contribution in [-0.4, -0.2) is 60.2 Å². The number of benzene rings is 1. The molecule has 2 aliphatic rings. The lowest BCUT2D eigenvalue weighted by atomic mass is 9.96. The molecule has 1 aromatic carbocycles. The highest BCUT2D eigenvalue weighted by molar-refractivity contribution is 6.30. The molecule has 0 radical (unpaired) electrons. The van der Waals surface area contributed by atoms with Gasteiger partial charge in [0.1, 0.15) is 0 Å². The lowest BCUT2D eigenvalue weighted by molar-refractivity contribution is -0.130. The summed E-state index contributed by atoms with van der Waals surface area (Å²) < 4.78 is 0. The molecular weight excluding hydrogens is 390 g/mol. The zero-order chi connectivity index (χ0) is 20.6. The van der Waals surface area contributed by atoms with Gasteiger partial charge in [-0.2, -0.15) is 0 Å². The maximum Gasteiger partial charge on any atom is 0.253 e. The van der Waals surface area contributed by atoms with Crippen molar-refractivity contribution in [2.45, 2.75) is 44.9 Å². The average molecular weight is 420 g/mol. The van der Waals surface area contributed by atoms with Crippen molar-refractivity contribution in [3.05, 3.63) is 34.9 Å². The lowest BCUT2D eigenvalue weighted by Crippen LogP contribution is -2.45. The predicted octanol–water partition coefficient (Wildman–Crippen LogP) is 3.10. The summed E-state index contributed by atoms with van der Waals surface area (Å²) in [5.74, 6) is -0.00285. The molecule has 3 amide bonds. The molecule has 1 unspecified atom stereocenters. The van der Waals surface area contributed by atoms with E-state index in [-0.39, 0.29) is 23.6 Å². The number of carbonyl (C=O) groups is 3. The molecular formula is C22H30ClN3O3. The van der Waals surface area contributed by atoms with Crippen molar-refractivity contribution in [3.8, 4) is 0 Å². The maximum absolute atomic E-state index is 12.7. The van der Waals surface area contributed by atoms with Gasteiger partial charge < -0.3 is 15.1 Å². The molecule has 1 atom stereocenters. The zero-order valence-electron chi connectivity index (χ0n) is 16.9. The van der Waals surface area contributed by atoms with Crippen LogP contribution in [0.25, 0.3) is 0 Å². The molecule has 0 saturated carbocycles. The number of piperidine rings is 1. The van der Waals surface area contributed by atoms with E-state index in [1.165, 1.54) is 0 Å². The predicted molar refractivity (Wildman–Crippen MR) is 113 cm³/mol. The first kappa shape index (κ1) is 21.6. The van der Waals surface area contributed by atoms with Crippen LogP contribution in [-0.2, 0) is 9.59 Å². The third-order valence-electron chi connectivity index (χ3n) is 5.75. The largest absolute Gasteiger partial charge is 0.356 e. The van der Waals surface area contributed by atoms with Gasteiger partial charge in [-0.25, -0.2) is 0 Å². The summed E-state index contributed by atoms with van der Waals surface area (Å²) in [7, 11) is 0. The smallest absolute Gasteiger partial charge is 0.253 e. The Labute approximate surface area is 177 Å². The van der Waals surface area contributed by atoms with Crippen molar-refractivity contribution in [1.29, 1.82) is 0 Å². The first-order valence-electron chi connectivity index (χ1n) is 10.6. The Balaban J connectivity index is 1.42. The van der Waals surface area contributed by atoms with Gasteiger partial charge in [0.2, 0.25) is 11.8 Å². The molecule has 29 heavy (non-hydrogen) atoms. The number of halogens is 1. The molecule has 3 rings (SSSR count). The summed E-state index contributed by atoms with van der Waals surface area (Å²) in [6.45, 7) is 3.20. The first-order valence-corrected chi connectivity index (χ1v) is 11.0. The van der Waals surface area contributed by atoms with Crippen molar-refractivity contribution < 1.29 is 14.4 Å². The minimum atomic E-state index is -0.181. The minimum absolute atomic E-state index is 0.000740. The summed E-state index contributed by atoms with van der Waals surface area (Å²) in [5.41, 5.74) is 0.595. The van der Waals surface area contributed by atoms with Crippen LogP contribution in [0.15, 0.2) is 24.3 Å². The van der Waals surface area contributed by atoms with E-state index in [4.69, 9.17) is 11.6 Å². The van der Waals surface area contributed by atoms with Gasteiger partial charge in [0.25, 0.3) is 5.91 Å². The Kier molecular flexibility index (Phi) is 7.92. The van der Waals surface area contributed by atoms with Gasteiger partial charge in [-0.1, -0.05) is 18.0 Å². The van der Waals surface area contributed by atoms with Crippen molar-refractivity contribution in [2.24, 2.45) is 5.92 Å². The number of carbonyl (C=O) groups excluding carboxylic acids is 3. The van der Waals surface area contributed by atoms with E-state index in [2.05, 4.69) is 5.32 Å². The molecule has 2 fully saturated rings. The average Bonchev–Trinajstić information content (AvgIpc) is 2.95. The van der Waals surface area contributed by atoms with E-state index >= 15 is 0 Å². The number of rotatable bonds is 6.